The molecule has 2 aromatic rings. The summed E-state index contributed by atoms with van der Waals surface area (Å²) in [5.74, 6) is -0.549. The molecule has 3 N–H and O–H groups in total. The van der Waals surface area contributed by atoms with Crippen LogP contribution in [0.25, 0.3) is 6.08 Å². The molecular weight excluding hydrogens is 381 g/mol. The van der Waals surface area contributed by atoms with Crippen molar-refractivity contribution in [2.24, 2.45) is 5.73 Å². The molecule has 0 aliphatic rings. The molecular formula is C14H13Cl2NO4S2. The van der Waals surface area contributed by atoms with Gasteiger partial charge in [-0.15, -0.1) is 11.3 Å². The summed E-state index contributed by atoms with van der Waals surface area (Å²) in [6.07, 6.45) is 1.37. The number of primary amides is 1. The summed E-state index contributed by atoms with van der Waals surface area (Å²) in [4.78, 5) is 12.5. The molecule has 1 aromatic carbocycles. The van der Waals surface area contributed by atoms with Crippen LogP contribution >= 0.6 is 34.5 Å². The van der Waals surface area contributed by atoms with Gasteiger partial charge in [0.2, 0.25) is 5.91 Å². The maximum atomic E-state index is 10.6. The summed E-state index contributed by atoms with van der Waals surface area (Å²) in [7, 11) is -3.99. The average Bonchev–Trinajstić information content (AvgIpc) is 2.82. The molecule has 0 spiro atoms. The summed E-state index contributed by atoms with van der Waals surface area (Å²) in [6, 6.07) is 8.21. The molecule has 9 heteroatoms. The Balaban J connectivity index is 0.000000231. The first-order chi connectivity index (χ1) is 10.6. The fourth-order valence-electron chi connectivity index (χ4n) is 1.39. The van der Waals surface area contributed by atoms with Crippen LogP contribution < -0.4 is 5.73 Å². The quantitative estimate of drug-likeness (QED) is 0.769. The zero-order valence-electron chi connectivity index (χ0n) is 11.9. The average molecular weight is 394 g/mol. The second kappa shape index (κ2) is 8.47. The van der Waals surface area contributed by atoms with Crippen LogP contribution in [0.4, 0.5) is 0 Å². The lowest BCUT2D eigenvalue weighted by Crippen LogP contribution is -2.11. The summed E-state index contributed by atoms with van der Waals surface area (Å²) in [5, 5.41) is 1.54. The Morgan fingerprint density at radius 1 is 1.26 bits per heavy atom. The predicted molar refractivity (Wildman–Crippen MR) is 94.6 cm³/mol. The highest BCUT2D eigenvalue weighted by atomic mass is 35.5. The number of amides is 1. The minimum absolute atomic E-state index is 0.282. The molecule has 1 amide bonds. The van der Waals surface area contributed by atoms with E-state index in [4.69, 9.17) is 33.5 Å². The Hall–Kier alpha value is -1.38. The number of benzene rings is 1. The van der Waals surface area contributed by atoms with Crippen LogP contribution in [-0.2, 0) is 10.1 Å². The highest BCUT2D eigenvalue weighted by Crippen LogP contribution is 2.20. The summed E-state index contributed by atoms with van der Waals surface area (Å²) < 4.78 is 28.9. The first-order valence-corrected chi connectivity index (χ1v) is 9.13. The summed E-state index contributed by atoms with van der Waals surface area (Å²) in [5.41, 5.74) is 5.29. The molecule has 0 unspecified atom stereocenters. The van der Waals surface area contributed by atoms with Gasteiger partial charge in [-0.1, -0.05) is 23.2 Å². The van der Waals surface area contributed by atoms with E-state index in [1.54, 1.807) is 12.1 Å². The minimum atomic E-state index is -3.99. The lowest BCUT2D eigenvalue weighted by Gasteiger charge is -1.97. The van der Waals surface area contributed by atoms with Gasteiger partial charge in [0.15, 0.2) is 0 Å². The van der Waals surface area contributed by atoms with Crippen LogP contribution in [0.3, 0.4) is 0 Å². The van der Waals surface area contributed by atoms with Crippen LogP contribution in [0, 0.1) is 6.92 Å². The van der Waals surface area contributed by atoms with Gasteiger partial charge in [-0.25, -0.2) is 0 Å². The maximum absolute atomic E-state index is 10.6. The van der Waals surface area contributed by atoms with E-state index in [0.29, 0.717) is 5.02 Å². The fraction of sp³-hybridized carbons (Fsp3) is 0.0714. The van der Waals surface area contributed by atoms with E-state index in [9.17, 15) is 13.2 Å². The van der Waals surface area contributed by atoms with Crippen LogP contribution in [0.15, 0.2) is 35.7 Å². The van der Waals surface area contributed by atoms with Gasteiger partial charge >= 0.3 is 0 Å². The first-order valence-electron chi connectivity index (χ1n) is 6.05. The molecule has 1 heterocycles. The van der Waals surface area contributed by atoms with Crippen molar-refractivity contribution in [1.82, 2.24) is 0 Å². The number of carbonyl (C=O) groups excluding carboxylic acids is 1. The third kappa shape index (κ3) is 7.62. The minimum Gasteiger partial charge on any atom is -0.366 e. The number of nitrogens with two attached hydrogens (primary N) is 1. The lowest BCUT2D eigenvalue weighted by atomic mass is 10.2. The van der Waals surface area contributed by atoms with Gasteiger partial charge in [0.25, 0.3) is 10.1 Å². The Bertz CT molecular complexity index is 829. The zero-order chi connectivity index (χ0) is 17.6. The van der Waals surface area contributed by atoms with Crippen molar-refractivity contribution in [2.75, 3.05) is 0 Å². The Labute approximate surface area is 148 Å². The highest BCUT2D eigenvalue weighted by Gasteiger charge is 2.05. The second-order valence-electron chi connectivity index (χ2n) is 4.25. The molecule has 0 saturated carbocycles. The van der Waals surface area contributed by atoms with Gasteiger partial charge in [0.1, 0.15) is 0 Å². The normalized spacial score (nSPS) is 11.1. The third-order valence-electron chi connectivity index (χ3n) is 2.36. The molecule has 0 fully saturated rings. The molecule has 5 nitrogen and oxygen atoms in total. The highest BCUT2D eigenvalue weighted by molar-refractivity contribution is 7.88. The number of hydrogen-bond acceptors (Lipinski definition) is 4. The number of aryl methyl sites for hydroxylation is 1. The van der Waals surface area contributed by atoms with E-state index in [0.717, 1.165) is 15.2 Å². The second-order valence-corrected chi connectivity index (χ2v) is 7.72. The summed E-state index contributed by atoms with van der Waals surface area (Å²) >= 11 is 12.7. The van der Waals surface area contributed by atoms with E-state index in [-0.39, 0.29) is 10.6 Å². The number of thiophene rings is 1. The van der Waals surface area contributed by atoms with Gasteiger partial charge in [0.05, 0.1) is 16.0 Å². The van der Waals surface area contributed by atoms with Gasteiger partial charge in [-0.2, -0.15) is 8.42 Å². The Kier molecular flexibility index (Phi) is 7.24. The van der Waals surface area contributed by atoms with Crippen molar-refractivity contribution >= 4 is 56.6 Å². The Morgan fingerprint density at radius 3 is 2.35 bits per heavy atom. The Morgan fingerprint density at radius 2 is 1.91 bits per heavy atom. The van der Waals surface area contributed by atoms with Crippen LogP contribution in [0.5, 0.6) is 0 Å². The fourth-order valence-corrected chi connectivity index (χ4v) is 3.07. The topological polar surface area (TPSA) is 97.5 Å². The van der Waals surface area contributed by atoms with Crippen LogP contribution in [0.2, 0.25) is 10.0 Å². The number of halogens is 2. The van der Waals surface area contributed by atoms with Crippen molar-refractivity contribution in [2.45, 2.75) is 6.92 Å². The van der Waals surface area contributed by atoms with Gasteiger partial charge in [-0.3, -0.25) is 9.35 Å². The molecule has 0 atom stereocenters. The lowest BCUT2D eigenvalue weighted by molar-refractivity contribution is 0.100. The van der Waals surface area contributed by atoms with Crippen LogP contribution in [0.1, 0.15) is 20.1 Å². The molecule has 2 rings (SSSR count). The monoisotopic (exact) mass is 393 g/mol. The SMILES string of the molecule is Cc1ccc(/C=C/S(=O)(=O)O)s1.NC(=O)c1ccc(Cl)cc1Cl. The molecule has 0 aliphatic carbocycles. The molecule has 23 heavy (non-hydrogen) atoms. The van der Waals surface area contributed by atoms with Gasteiger partial charge < -0.3 is 5.73 Å². The predicted octanol–water partition coefficient (Wildman–Crippen LogP) is 4.01. The molecule has 0 radical (unpaired) electrons. The van der Waals surface area contributed by atoms with Crippen LogP contribution in [-0.4, -0.2) is 18.9 Å². The van der Waals surface area contributed by atoms with Crippen molar-refractivity contribution in [3.05, 3.63) is 61.1 Å². The van der Waals surface area contributed by atoms with Gasteiger partial charge in [0, 0.05) is 14.8 Å². The molecule has 0 aliphatic heterocycles. The van der Waals surface area contributed by atoms with E-state index < -0.39 is 16.0 Å². The molecule has 1 aromatic heterocycles. The molecule has 124 valence electrons. The van der Waals surface area contributed by atoms with Crippen molar-refractivity contribution in [1.29, 1.82) is 0 Å². The van der Waals surface area contributed by atoms with Crippen molar-refractivity contribution in [3.8, 4) is 0 Å². The first kappa shape index (κ1) is 19.7. The summed E-state index contributed by atoms with van der Waals surface area (Å²) in [6.45, 7) is 1.93. The number of carbonyl (C=O) groups is 1. The standard InChI is InChI=1S/C7H5Cl2NO.C7H8O3S2/c8-4-1-2-5(7(10)11)6(9)3-4;1-6-2-3-7(11-6)4-5-12(8,9)10/h1-3H,(H2,10,11);2-5H,1H3,(H,8,9,10)/b;5-4+. The van der Waals surface area contributed by atoms with E-state index >= 15 is 0 Å². The third-order valence-corrected chi connectivity index (χ3v) is 4.36. The largest absolute Gasteiger partial charge is 0.366 e. The van der Waals surface area contributed by atoms with Gasteiger partial charge in [-0.05, 0) is 43.3 Å². The van der Waals surface area contributed by atoms with E-state index in [1.165, 1.54) is 29.5 Å². The van der Waals surface area contributed by atoms with E-state index in [2.05, 4.69) is 0 Å². The zero-order valence-corrected chi connectivity index (χ0v) is 15.0. The molecule has 0 saturated heterocycles. The smallest absolute Gasteiger partial charge is 0.287 e. The number of rotatable bonds is 3. The van der Waals surface area contributed by atoms with Crippen molar-refractivity contribution < 1.29 is 17.8 Å². The number of hydrogen-bond donors (Lipinski definition) is 2. The maximum Gasteiger partial charge on any atom is 0.287 e. The van der Waals surface area contributed by atoms with Crippen molar-refractivity contribution in [3.63, 3.8) is 0 Å². The molecule has 0 bridgehead atoms. The van der Waals surface area contributed by atoms with E-state index in [1.807, 2.05) is 13.0 Å².